The van der Waals surface area contributed by atoms with Gasteiger partial charge in [-0.2, -0.15) is 4.90 Å². The molecule has 0 bridgehead atoms. The molecule has 1 atom stereocenters. The zero-order valence-corrected chi connectivity index (χ0v) is 20.5. The molecule has 0 spiro atoms. The van der Waals surface area contributed by atoms with Crippen LogP contribution in [-0.4, -0.2) is 33.0 Å². The molecule has 0 aliphatic heterocycles. The lowest BCUT2D eigenvalue weighted by molar-refractivity contribution is 0.0546. The zero-order valence-electron chi connectivity index (χ0n) is 19.7. The van der Waals surface area contributed by atoms with E-state index in [9.17, 15) is 14.7 Å². The van der Waals surface area contributed by atoms with Gasteiger partial charge in [-0.1, -0.05) is 35.0 Å². The molecule has 0 unspecified atom stereocenters. The third-order valence-electron chi connectivity index (χ3n) is 4.73. The molecular formula is C24H26ClN3O6. The third kappa shape index (κ3) is 5.48. The molecule has 2 aromatic heterocycles. The predicted octanol–water partition coefficient (Wildman–Crippen LogP) is 6.35. The number of imide groups is 1. The van der Waals surface area contributed by atoms with Crippen LogP contribution in [0.2, 0.25) is 5.02 Å². The maximum absolute atomic E-state index is 13.4. The molecule has 3 aromatic rings. The Kier molecular flexibility index (Phi) is 7.16. The Morgan fingerprint density at radius 2 is 1.76 bits per heavy atom. The van der Waals surface area contributed by atoms with E-state index < -0.39 is 23.9 Å². The summed E-state index contributed by atoms with van der Waals surface area (Å²) in [6, 6.07) is 9.82. The molecule has 0 saturated carbocycles. The van der Waals surface area contributed by atoms with Crippen LogP contribution in [0.1, 0.15) is 50.8 Å². The number of hydrogen-bond donors (Lipinski definition) is 1. The second kappa shape index (κ2) is 9.72. The minimum absolute atomic E-state index is 0.0153. The SMILES string of the molecule is Cc1nc(-c2onc(C)c2N(C(=O)O[C@H](C)c2ccccc2Cl)C(=O)OC(C)(C)C)ccc1O. The molecule has 0 radical (unpaired) electrons. The standard InChI is InChI=1S/C24H26ClN3O6/c1-13-19(29)12-11-18(26-13)21-20(14(2)27-34-21)28(23(31)33-24(4,5)6)22(30)32-15(3)16-9-7-8-10-17(16)25/h7-12,15,29H,1-6H3/t15-/m1/s1. The Labute approximate surface area is 202 Å². The van der Waals surface area contributed by atoms with Gasteiger partial charge < -0.3 is 19.1 Å². The summed E-state index contributed by atoms with van der Waals surface area (Å²) in [5, 5.41) is 14.2. The number of anilines is 1. The number of nitrogens with zero attached hydrogens (tertiary/aromatic N) is 3. The van der Waals surface area contributed by atoms with Crippen LogP contribution < -0.4 is 4.90 Å². The Morgan fingerprint density at radius 3 is 2.38 bits per heavy atom. The normalized spacial score (nSPS) is 12.2. The molecule has 0 saturated heterocycles. The first-order chi connectivity index (χ1) is 15.9. The number of aromatic nitrogens is 2. The predicted molar refractivity (Wildman–Crippen MR) is 126 cm³/mol. The minimum atomic E-state index is -1.01. The maximum atomic E-state index is 13.4. The van der Waals surface area contributed by atoms with Crippen LogP contribution in [0.4, 0.5) is 15.3 Å². The molecule has 1 N–H and O–H groups in total. The van der Waals surface area contributed by atoms with E-state index in [2.05, 4.69) is 10.1 Å². The third-order valence-corrected chi connectivity index (χ3v) is 5.07. The molecule has 10 heteroatoms. The first-order valence-electron chi connectivity index (χ1n) is 10.5. The summed E-state index contributed by atoms with van der Waals surface area (Å²) in [5.74, 6) is 0.0207. The molecular weight excluding hydrogens is 462 g/mol. The molecule has 0 fully saturated rings. The van der Waals surface area contributed by atoms with E-state index in [1.807, 2.05) is 0 Å². The monoisotopic (exact) mass is 487 g/mol. The fourth-order valence-electron chi connectivity index (χ4n) is 3.11. The van der Waals surface area contributed by atoms with Gasteiger partial charge >= 0.3 is 12.2 Å². The van der Waals surface area contributed by atoms with Gasteiger partial charge in [-0.3, -0.25) is 0 Å². The van der Waals surface area contributed by atoms with Crippen LogP contribution in [-0.2, 0) is 9.47 Å². The summed E-state index contributed by atoms with van der Waals surface area (Å²) in [5.41, 5.74) is 0.504. The van der Waals surface area contributed by atoms with E-state index in [1.165, 1.54) is 12.1 Å². The number of ether oxygens (including phenoxy) is 2. The van der Waals surface area contributed by atoms with Crippen molar-refractivity contribution in [3.63, 3.8) is 0 Å². The van der Waals surface area contributed by atoms with Crippen molar-refractivity contribution in [3.05, 3.63) is 58.4 Å². The second-order valence-electron chi connectivity index (χ2n) is 8.61. The van der Waals surface area contributed by atoms with E-state index in [4.69, 9.17) is 25.6 Å². The van der Waals surface area contributed by atoms with Crippen molar-refractivity contribution in [1.82, 2.24) is 10.1 Å². The summed E-state index contributed by atoms with van der Waals surface area (Å²) in [6.07, 6.45) is -2.76. The van der Waals surface area contributed by atoms with Gasteiger partial charge in [-0.25, -0.2) is 14.6 Å². The highest BCUT2D eigenvalue weighted by atomic mass is 35.5. The Morgan fingerprint density at radius 1 is 1.09 bits per heavy atom. The van der Waals surface area contributed by atoms with Crippen LogP contribution in [0.15, 0.2) is 40.9 Å². The number of rotatable bonds is 4. The molecule has 0 aliphatic rings. The van der Waals surface area contributed by atoms with Gasteiger partial charge in [0.2, 0.25) is 5.76 Å². The highest BCUT2D eigenvalue weighted by molar-refractivity contribution is 6.31. The largest absolute Gasteiger partial charge is 0.506 e. The quantitative estimate of drug-likeness (QED) is 0.452. The van der Waals surface area contributed by atoms with Gasteiger partial charge in [0, 0.05) is 10.6 Å². The van der Waals surface area contributed by atoms with Crippen molar-refractivity contribution in [2.24, 2.45) is 0 Å². The van der Waals surface area contributed by atoms with Gasteiger partial charge in [0.05, 0.1) is 5.69 Å². The zero-order chi connectivity index (χ0) is 25.2. The molecule has 180 valence electrons. The second-order valence-corrected chi connectivity index (χ2v) is 9.02. The Bertz CT molecular complexity index is 1220. The van der Waals surface area contributed by atoms with Gasteiger partial charge in [-0.05, 0) is 59.7 Å². The van der Waals surface area contributed by atoms with Gasteiger partial charge in [-0.15, -0.1) is 0 Å². The number of aryl methyl sites for hydroxylation is 2. The van der Waals surface area contributed by atoms with Crippen LogP contribution in [0.25, 0.3) is 11.5 Å². The summed E-state index contributed by atoms with van der Waals surface area (Å²) in [4.78, 5) is 31.5. The summed E-state index contributed by atoms with van der Waals surface area (Å²) in [6.45, 7) is 9.83. The number of pyridine rings is 1. The van der Waals surface area contributed by atoms with Crippen LogP contribution in [0.5, 0.6) is 5.75 Å². The number of carbonyl (C=O) groups is 2. The highest BCUT2D eigenvalue weighted by Gasteiger charge is 2.37. The Balaban J connectivity index is 2.06. The van der Waals surface area contributed by atoms with Crippen molar-refractivity contribution in [3.8, 4) is 17.2 Å². The molecule has 2 heterocycles. The van der Waals surface area contributed by atoms with Crippen molar-refractivity contribution >= 4 is 29.5 Å². The highest BCUT2D eigenvalue weighted by Crippen LogP contribution is 2.36. The van der Waals surface area contributed by atoms with Gasteiger partial charge in [0.1, 0.15) is 34.5 Å². The molecule has 2 amide bonds. The average Bonchev–Trinajstić information content (AvgIpc) is 3.10. The van der Waals surface area contributed by atoms with E-state index in [-0.39, 0.29) is 28.6 Å². The molecule has 34 heavy (non-hydrogen) atoms. The smallest absolute Gasteiger partial charge is 0.424 e. The molecule has 1 aromatic carbocycles. The van der Waals surface area contributed by atoms with E-state index in [1.54, 1.807) is 65.8 Å². The van der Waals surface area contributed by atoms with Crippen LogP contribution in [0.3, 0.4) is 0 Å². The lowest BCUT2D eigenvalue weighted by Gasteiger charge is -2.26. The van der Waals surface area contributed by atoms with Gasteiger partial charge in [0.25, 0.3) is 0 Å². The van der Waals surface area contributed by atoms with E-state index >= 15 is 0 Å². The lowest BCUT2D eigenvalue weighted by atomic mass is 10.1. The average molecular weight is 488 g/mol. The van der Waals surface area contributed by atoms with Crippen LogP contribution >= 0.6 is 11.6 Å². The molecule has 9 nitrogen and oxygen atoms in total. The summed E-state index contributed by atoms with van der Waals surface area (Å²) in [7, 11) is 0. The molecule has 3 rings (SSSR count). The van der Waals surface area contributed by atoms with Crippen molar-refractivity contribution in [2.45, 2.75) is 53.2 Å². The van der Waals surface area contributed by atoms with Crippen molar-refractivity contribution in [1.29, 1.82) is 0 Å². The van der Waals surface area contributed by atoms with Crippen molar-refractivity contribution in [2.75, 3.05) is 4.90 Å². The first kappa shape index (κ1) is 25.0. The first-order valence-corrected chi connectivity index (χ1v) is 10.9. The molecule has 0 aliphatic carbocycles. The van der Waals surface area contributed by atoms with Crippen LogP contribution in [0, 0.1) is 13.8 Å². The van der Waals surface area contributed by atoms with Gasteiger partial charge in [0.15, 0.2) is 0 Å². The number of amides is 2. The number of carbonyl (C=O) groups excluding carboxylic acids is 2. The van der Waals surface area contributed by atoms with E-state index in [0.29, 0.717) is 16.3 Å². The Hall–Kier alpha value is -3.59. The number of aromatic hydroxyl groups is 1. The number of benzene rings is 1. The number of hydrogen-bond acceptors (Lipinski definition) is 8. The summed E-state index contributed by atoms with van der Waals surface area (Å²) < 4.78 is 16.5. The fourth-order valence-corrected chi connectivity index (χ4v) is 3.40. The lowest BCUT2D eigenvalue weighted by Crippen LogP contribution is -2.42. The summed E-state index contributed by atoms with van der Waals surface area (Å²) >= 11 is 6.24. The fraction of sp³-hybridized carbons (Fsp3) is 0.333. The number of halogens is 1. The van der Waals surface area contributed by atoms with Crippen molar-refractivity contribution < 1.29 is 28.7 Å². The van der Waals surface area contributed by atoms with E-state index in [0.717, 1.165) is 4.90 Å². The maximum Gasteiger partial charge on any atom is 0.424 e. The topological polar surface area (TPSA) is 115 Å². The minimum Gasteiger partial charge on any atom is -0.506 e.